The zero-order valence-corrected chi connectivity index (χ0v) is 18.0. The van der Waals surface area contributed by atoms with Crippen LogP contribution >= 0.6 is 23.3 Å². The molecule has 1 heterocycles. The minimum absolute atomic E-state index is 0.302. The van der Waals surface area contributed by atoms with Crippen LogP contribution in [0, 0.1) is 16.2 Å². The molecule has 0 saturated heterocycles. The maximum Gasteiger partial charge on any atom is 0.0126 e. The van der Waals surface area contributed by atoms with Crippen LogP contribution in [0.25, 0.3) is 0 Å². The maximum absolute atomic E-state index is 2.55. The molecule has 3 heteroatoms. The van der Waals surface area contributed by atoms with Gasteiger partial charge >= 0.3 is 0 Å². The minimum Gasteiger partial charge on any atom is -0.0736 e. The second kappa shape index (κ2) is 5.37. The monoisotopic (exact) mass is 330 g/mol. The van der Waals surface area contributed by atoms with Crippen LogP contribution < -0.4 is 0 Å². The number of hydrogen-bond acceptors (Lipinski definition) is 0. The average molecular weight is 330 g/mol. The van der Waals surface area contributed by atoms with E-state index in [1.807, 2.05) is 0 Å². The summed E-state index contributed by atoms with van der Waals surface area (Å²) in [6.07, 6.45) is 0. The van der Waals surface area contributed by atoms with Crippen molar-refractivity contribution in [3.8, 4) is 0 Å². The summed E-state index contributed by atoms with van der Waals surface area (Å²) in [5.74, 6) is 0. The van der Waals surface area contributed by atoms with Gasteiger partial charge in [-0.2, -0.15) is 0 Å². The first kappa shape index (κ1) is 18.7. The van der Waals surface area contributed by atoms with E-state index in [9.17, 15) is 0 Å². The van der Waals surface area contributed by atoms with E-state index >= 15 is 0 Å². The summed E-state index contributed by atoms with van der Waals surface area (Å²) in [7, 11) is 3.07. The third-order valence-electron chi connectivity index (χ3n) is 3.50. The quantitative estimate of drug-likeness (QED) is 0.434. The summed E-state index contributed by atoms with van der Waals surface area (Å²) in [5.41, 5.74) is 0.917. The van der Waals surface area contributed by atoms with Crippen LogP contribution in [0.3, 0.4) is 0 Å². The van der Waals surface area contributed by atoms with Crippen molar-refractivity contribution in [1.82, 2.24) is 0 Å². The van der Waals surface area contributed by atoms with Gasteiger partial charge in [0, 0.05) is 5.03 Å². The fraction of sp³-hybridized carbons (Fsp3) is 0.824. The third kappa shape index (κ3) is 3.88. The molecule has 0 aromatic rings. The molecule has 0 amide bonds. The number of rotatable bonds is 0. The van der Waals surface area contributed by atoms with E-state index in [0.717, 1.165) is 0 Å². The van der Waals surface area contributed by atoms with Gasteiger partial charge in [0.2, 0.25) is 0 Å². The van der Waals surface area contributed by atoms with E-state index in [-0.39, 0.29) is 0 Å². The van der Waals surface area contributed by atoms with Crippen molar-refractivity contribution < 1.29 is 0 Å². The molecule has 0 fully saturated rings. The summed E-state index contributed by atoms with van der Waals surface area (Å²) < 4.78 is 0. The molecule has 0 nitrogen and oxygen atoms in total. The Kier molecular flexibility index (Phi) is 5.02. The zero-order chi connectivity index (χ0) is 16.1. The van der Waals surface area contributed by atoms with Gasteiger partial charge in [0.25, 0.3) is 0 Å². The Morgan fingerprint density at radius 3 is 1.40 bits per heavy atom. The van der Waals surface area contributed by atoms with E-state index < -0.39 is 6.89 Å². The molecule has 116 valence electrons. The average Bonchev–Trinajstić information content (AvgIpc) is 2.09. The van der Waals surface area contributed by atoms with Gasteiger partial charge in [-0.1, -0.05) is 85.6 Å². The van der Waals surface area contributed by atoms with Crippen LogP contribution in [0.1, 0.15) is 62.3 Å². The second-order valence-electron chi connectivity index (χ2n) is 9.40. The molecular weight excluding hydrogens is 297 g/mol. The van der Waals surface area contributed by atoms with Gasteiger partial charge in [-0.05, 0) is 39.6 Å². The summed E-state index contributed by atoms with van der Waals surface area (Å²) in [5, 5.41) is 5.27. The van der Waals surface area contributed by atoms with Crippen LogP contribution in [0.2, 0.25) is 0 Å². The molecule has 0 bridgehead atoms. The molecule has 1 aliphatic heterocycles. The second-order valence-corrected chi connectivity index (χ2v) is 16.5. The lowest BCUT2D eigenvalue weighted by Crippen LogP contribution is -2.29. The molecule has 20 heavy (non-hydrogen) atoms. The van der Waals surface area contributed by atoms with Crippen LogP contribution in [0.4, 0.5) is 0 Å². The molecule has 0 aromatic carbocycles. The summed E-state index contributed by atoms with van der Waals surface area (Å²) in [6, 6.07) is 0. The van der Waals surface area contributed by atoms with Crippen LogP contribution in [0.5, 0.6) is 0 Å². The highest BCUT2D eigenvalue weighted by molar-refractivity contribution is 8.10. The first-order chi connectivity index (χ1) is 8.58. The van der Waals surface area contributed by atoms with Crippen molar-refractivity contribution in [3.63, 3.8) is 0 Å². The van der Waals surface area contributed by atoms with Gasteiger partial charge in [-0.15, -0.1) is 0 Å². The number of hydrogen-bond donors (Lipinski definition) is 0. The predicted octanol–water partition coefficient (Wildman–Crippen LogP) is 6.70. The Bertz CT molecular complexity index is 503. The minimum atomic E-state index is -1.12. The van der Waals surface area contributed by atoms with Crippen molar-refractivity contribution in [2.24, 2.45) is 16.2 Å². The van der Waals surface area contributed by atoms with Crippen molar-refractivity contribution in [3.05, 3.63) is 0 Å². The van der Waals surface area contributed by atoms with Crippen molar-refractivity contribution >= 4 is 38.4 Å². The summed E-state index contributed by atoms with van der Waals surface area (Å²) >= 11 is 0. The first-order valence-electron chi connectivity index (χ1n) is 7.49. The van der Waals surface area contributed by atoms with E-state index in [1.165, 1.54) is 16.4 Å². The molecule has 0 unspecified atom stereocenters. The largest absolute Gasteiger partial charge is 0.0736 e. The maximum atomic E-state index is 2.55. The molecule has 0 atom stereocenters. The topological polar surface area (TPSA) is 0 Å². The Labute approximate surface area is 130 Å². The molecule has 0 radical (unpaired) electrons. The fourth-order valence-electron chi connectivity index (χ4n) is 2.92. The van der Waals surface area contributed by atoms with Crippen LogP contribution in [-0.4, -0.2) is 28.4 Å². The van der Waals surface area contributed by atoms with Gasteiger partial charge < -0.3 is 0 Å². The molecule has 0 N–H and O–H groups in total. The first-order valence-corrected chi connectivity index (χ1v) is 12.0. The van der Waals surface area contributed by atoms with Gasteiger partial charge in [-0.25, -0.2) is 0 Å². The molecule has 0 saturated carbocycles. The summed E-state index contributed by atoms with van der Waals surface area (Å²) in [6.45, 7) is 25.5. The lowest BCUT2D eigenvalue weighted by molar-refractivity contribution is 0.603. The van der Waals surface area contributed by atoms with Gasteiger partial charge in [0.05, 0.1) is 0 Å². The lowest BCUT2D eigenvalue weighted by Gasteiger charge is -2.41. The smallest absolute Gasteiger partial charge is 0.0126 e. The highest BCUT2D eigenvalue weighted by Gasteiger charge is 2.36. The summed E-state index contributed by atoms with van der Waals surface area (Å²) in [4.78, 5) is 0. The fourth-order valence-corrected chi connectivity index (χ4v) is 12.9. The highest BCUT2D eigenvalue weighted by Crippen LogP contribution is 2.60. The Balaban J connectivity index is 3.74. The van der Waals surface area contributed by atoms with Crippen LogP contribution in [-0.2, 0) is 0 Å². The van der Waals surface area contributed by atoms with Gasteiger partial charge in [-0.3, -0.25) is 0 Å². The molecule has 1 rings (SSSR count). The van der Waals surface area contributed by atoms with E-state index in [0.29, 0.717) is 16.2 Å². The third-order valence-corrected chi connectivity index (χ3v) is 14.7. The van der Waals surface area contributed by atoms with Crippen LogP contribution in [0.15, 0.2) is 0 Å². The van der Waals surface area contributed by atoms with Gasteiger partial charge in [0.1, 0.15) is 0 Å². The molecule has 0 aromatic heterocycles. The Morgan fingerprint density at radius 1 is 0.650 bits per heavy atom. The van der Waals surface area contributed by atoms with Crippen molar-refractivity contribution in [1.29, 1.82) is 0 Å². The standard InChI is InChI=1S/C17H33P3/c1-15(2,3)12-18-13(16(4,5)6)20(10,11)14(19-12)17(7,8)9/h1-11H3. The molecular formula is C17H33P3. The molecule has 0 spiro atoms. The molecule has 1 aliphatic rings. The highest BCUT2D eigenvalue weighted by atomic mass is 31.2. The van der Waals surface area contributed by atoms with Crippen molar-refractivity contribution in [2.75, 3.05) is 13.3 Å². The Morgan fingerprint density at radius 2 is 1.10 bits per heavy atom. The van der Waals surface area contributed by atoms with Crippen molar-refractivity contribution in [2.45, 2.75) is 62.3 Å². The van der Waals surface area contributed by atoms with E-state index in [4.69, 9.17) is 0 Å². The van der Waals surface area contributed by atoms with E-state index in [2.05, 4.69) is 75.6 Å². The molecule has 0 aliphatic carbocycles. The van der Waals surface area contributed by atoms with Gasteiger partial charge in [0.15, 0.2) is 0 Å². The normalized spacial score (nSPS) is 22.2. The zero-order valence-electron chi connectivity index (χ0n) is 15.3. The SMILES string of the molecule is CC(C)(C)C1=PC(C(C)(C)C)=P(C)(C)C(C(C)(C)C)=P1. The Hall–Kier alpha value is 0.640. The predicted molar refractivity (Wildman–Crippen MR) is 106 cm³/mol. The lowest BCUT2D eigenvalue weighted by atomic mass is 9.99. The van der Waals surface area contributed by atoms with E-state index in [1.54, 1.807) is 15.1 Å².